The Kier molecular flexibility index (Phi) is 6.05. The summed E-state index contributed by atoms with van der Waals surface area (Å²) < 4.78 is 5.96. The number of β-lactam (4-membered cyclic amide) rings is 1. The molecule has 3 N–H and O–H groups in total. The Bertz CT molecular complexity index is 1580. The van der Waals surface area contributed by atoms with E-state index in [0.717, 1.165) is 32.5 Å². The lowest BCUT2D eigenvalue weighted by Gasteiger charge is -2.49. The maximum Gasteiger partial charge on any atom is 0.353 e. The Morgan fingerprint density at radius 2 is 1.78 bits per heavy atom. The third-order valence-corrected chi connectivity index (χ3v) is 8.88. The smallest absolute Gasteiger partial charge is 0.353 e. The van der Waals surface area contributed by atoms with Crippen molar-refractivity contribution in [3.63, 3.8) is 0 Å². The number of hydrogen-bond donors (Lipinski definition) is 3. The number of fused-ring (bicyclic) bond motifs is 4. The highest BCUT2D eigenvalue weighted by atomic mass is 32.2. The number of carbonyl (C=O) groups is 3. The van der Waals surface area contributed by atoms with Crippen LogP contribution in [0.5, 0.6) is 0 Å². The highest BCUT2D eigenvalue weighted by Gasteiger charge is 2.54. The summed E-state index contributed by atoms with van der Waals surface area (Å²) in [4.78, 5) is 40.5. The number of rotatable bonds is 7. The van der Waals surface area contributed by atoms with Crippen LogP contribution in [0.2, 0.25) is 0 Å². The topological polar surface area (TPSA) is 112 Å². The molecule has 186 valence electrons. The standard InChI is InChI=1S/C27H21N3O5S2/c31-21(13-28-15-7-2-1-3-8-15)29-23-25(32)30-24(27(33)34)20(14-36-26(23)30)37-19-12-6-11-18-22(19)16-9-4-5-10-17(16)35-18/h1-12,23,26,28H,13-14H2,(H,29,31)(H,33,34)/t23-,26-/m1/s1. The zero-order chi connectivity index (χ0) is 25.5. The molecule has 0 spiro atoms. The van der Waals surface area contributed by atoms with Crippen molar-refractivity contribution in [1.29, 1.82) is 0 Å². The number of anilines is 1. The van der Waals surface area contributed by atoms with Gasteiger partial charge in [-0.25, -0.2) is 4.79 Å². The Morgan fingerprint density at radius 3 is 2.59 bits per heavy atom. The van der Waals surface area contributed by atoms with Gasteiger partial charge in [0.15, 0.2) is 0 Å². The van der Waals surface area contributed by atoms with Gasteiger partial charge in [-0.2, -0.15) is 0 Å². The number of nitrogens with zero attached hydrogens (tertiary/aromatic N) is 1. The molecule has 3 aromatic carbocycles. The Balaban J connectivity index is 1.22. The molecule has 0 radical (unpaired) electrons. The van der Waals surface area contributed by atoms with Crippen molar-refractivity contribution in [2.24, 2.45) is 0 Å². The van der Waals surface area contributed by atoms with Gasteiger partial charge >= 0.3 is 5.97 Å². The molecule has 0 unspecified atom stereocenters. The van der Waals surface area contributed by atoms with Crippen molar-refractivity contribution in [3.05, 3.63) is 83.4 Å². The van der Waals surface area contributed by atoms with Crippen LogP contribution in [0.4, 0.5) is 5.69 Å². The van der Waals surface area contributed by atoms with Crippen LogP contribution in [-0.4, -0.2) is 51.5 Å². The number of carboxylic acid groups (broad SMARTS) is 1. The fourth-order valence-corrected chi connectivity index (χ4v) is 7.23. The Labute approximate surface area is 220 Å². The number of para-hydroxylation sites is 2. The molecule has 2 aliphatic rings. The van der Waals surface area contributed by atoms with Crippen LogP contribution in [-0.2, 0) is 14.4 Å². The van der Waals surface area contributed by atoms with Crippen molar-refractivity contribution in [1.82, 2.24) is 10.2 Å². The summed E-state index contributed by atoms with van der Waals surface area (Å²) in [7, 11) is 0. The van der Waals surface area contributed by atoms with Gasteiger partial charge < -0.3 is 20.2 Å². The van der Waals surface area contributed by atoms with E-state index in [4.69, 9.17) is 4.42 Å². The first kappa shape index (κ1) is 23.5. The van der Waals surface area contributed by atoms with Gasteiger partial charge in [-0.3, -0.25) is 14.5 Å². The number of aliphatic carboxylic acids is 1. The number of hydrogen-bond acceptors (Lipinski definition) is 7. The molecule has 1 fully saturated rings. The van der Waals surface area contributed by atoms with Gasteiger partial charge in [0, 0.05) is 32.0 Å². The van der Waals surface area contributed by atoms with Gasteiger partial charge in [-0.05, 0) is 30.3 Å². The van der Waals surface area contributed by atoms with E-state index in [1.807, 2.05) is 72.8 Å². The molecule has 1 saturated heterocycles. The van der Waals surface area contributed by atoms with Crippen molar-refractivity contribution < 1.29 is 23.9 Å². The maximum absolute atomic E-state index is 13.0. The first-order chi connectivity index (χ1) is 18.0. The summed E-state index contributed by atoms with van der Waals surface area (Å²) in [6, 6.07) is 21.9. The number of benzene rings is 3. The molecule has 0 bridgehead atoms. The van der Waals surface area contributed by atoms with Crippen LogP contribution >= 0.6 is 23.5 Å². The minimum Gasteiger partial charge on any atom is -0.477 e. The third-order valence-electron chi connectivity index (χ3n) is 6.28. The summed E-state index contributed by atoms with van der Waals surface area (Å²) in [5, 5.41) is 17.2. The van der Waals surface area contributed by atoms with Crippen LogP contribution < -0.4 is 10.6 Å². The van der Waals surface area contributed by atoms with Gasteiger partial charge in [0.1, 0.15) is 28.3 Å². The van der Waals surface area contributed by atoms with E-state index in [9.17, 15) is 19.5 Å². The van der Waals surface area contributed by atoms with Gasteiger partial charge in [0.25, 0.3) is 5.91 Å². The van der Waals surface area contributed by atoms with E-state index in [2.05, 4.69) is 10.6 Å². The number of amides is 2. The predicted octanol–water partition coefficient (Wildman–Crippen LogP) is 4.49. The minimum atomic E-state index is -1.17. The SMILES string of the molecule is O=C(CNc1ccccc1)N[C@@H]1C(=O)N2C(C(=O)O)=C(Sc3cccc4oc5ccccc5c34)CS[C@H]12. The maximum atomic E-state index is 13.0. The Hall–Kier alpha value is -3.89. The summed E-state index contributed by atoms with van der Waals surface area (Å²) in [5.74, 6) is -1.52. The normalized spacial score (nSPS) is 19.0. The number of nitrogens with one attached hydrogen (secondary N) is 2. The number of thioether (sulfide) groups is 2. The molecule has 4 aromatic rings. The quantitative estimate of drug-likeness (QED) is 0.299. The largest absolute Gasteiger partial charge is 0.477 e. The van der Waals surface area contributed by atoms with E-state index in [-0.39, 0.29) is 18.1 Å². The van der Waals surface area contributed by atoms with E-state index in [1.54, 1.807) is 0 Å². The molecule has 10 heteroatoms. The molecule has 6 rings (SSSR count). The number of furan rings is 1. The predicted molar refractivity (Wildman–Crippen MR) is 144 cm³/mol. The molecule has 2 atom stereocenters. The fraction of sp³-hybridized carbons (Fsp3) is 0.148. The van der Waals surface area contributed by atoms with Crippen LogP contribution in [0.15, 0.2) is 92.7 Å². The number of carbonyl (C=O) groups excluding carboxylic acids is 2. The third kappa shape index (κ3) is 4.21. The molecular weight excluding hydrogens is 510 g/mol. The van der Waals surface area contributed by atoms with Crippen molar-refractivity contribution >= 4 is 68.9 Å². The second-order valence-corrected chi connectivity index (χ2v) is 10.8. The minimum absolute atomic E-state index is 0.0105. The average molecular weight is 532 g/mol. The number of carboxylic acids is 1. The van der Waals surface area contributed by atoms with E-state index in [0.29, 0.717) is 10.7 Å². The first-order valence-corrected chi connectivity index (χ1v) is 13.5. The summed E-state index contributed by atoms with van der Waals surface area (Å²) >= 11 is 2.78. The zero-order valence-corrected chi connectivity index (χ0v) is 21.0. The van der Waals surface area contributed by atoms with E-state index in [1.165, 1.54) is 28.4 Å². The fourth-order valence-electron chi connectivity index (χ4n) is 4.59. The van der Waals surface area contributed by atoms with Crippen LogP contribution in [0.3, 0.4) is 0 Å². The van der Waals surface area contributed by atoms with Crippen molar-refractivity contribution in [2.75, 3.05) is 17.6 Å². The van der Waals surface area contributed by atoms with Crippen LogP contribution in [0, 0.1) is 0 Å². The molecule has 1 aromatic heterocycles. The molecule has 2 aliphatic heterocycles. The molecule has 37 heavy (non-hydrogen) atoms. The molecule has 2 amide bonds. The second kappa shape index (κ2) is 9.53. The second-order valence-electron chi connectivity index (χ2n) is 8.58. The summed E-state index contributed by atoms with van der Waals surface area (Å²) in [6.07, 6.45) is 0. The molecule has 3 heterocycles. The van der Waals surface area contributed by atoms with Crippen LogP contribution in [0.1, 0.15) is 0 Å². The van der Waals surface area contributed by atoms with Crippen molar-refractivity contribution in [3.8, 4) is 0 Å². The summed E-state index contributed by atoms with van der Waals surface area (Å²) in [5.41, 5.74) is 2.24. The van der Waals surface area contributed by atoms with E-state index < -0.39 is 23.3 Å². The van der Waals surface area contributed by atoms with Gasteiger partial charge in [0.05, 0.1) is 6.54 Å². The lowest BCUT2D eigenvalue weighted by molar-refractivity contribution is -0.150. The lowest BCUT2D eigenvalue weighted by atomic mass is 10.1. The van der Waals surface area contributed by atoms with Gasteiger partial charge in [-0.1, -0.05) is 54.2 Å². The molecular formula is C27H21N3O5S2. The first-order valence-electron chi connectivity index (χ1n) is 11.6. The molecule has 0 aliphatic carbocycles. The highest BCUT2D eigenvalue weighted by Crippen LogP contribution is 2.47. The van der Waals surface area contributed by atoms with Crippen LogP contribution in [0.25, 0.3) is 21.9 Å². The zero-order valence-electron chi connectivity index (χ0n) is 19.3. The lowest BCUT2D eigenvalue weighted by Crippen LogP contribution is -2.70. The Morgan fingerprint density at radius 1 is 1.03 bits per heavy atom. The van der Waals surface area contributed by atoms with Gasteiger partial charge in [0.2, 0.25) is 5.91 Å². The highest BCUT2D eigenvalue weighted by molar-refractivity contribution is 8.06. The van der Waals surface area contributed by atoms with Gasteiger partial charge in [-0.15, -0.1) is 11.8 Å². The average Bonchev–Trinajstić information content (AvgIpc) is 3.30. The summed E-state index contributed by atoms with van der Waals surface area (Å²) in [6.45, 7) is 0.0105. The monoisotopic (exact) mass is 531 g/mol. The molecule has 0 saturated carbocycles. The van der Waals surface area contributed by atoms with Crippen molar-refractivity contribution in [2.45, 2.75) is 16.3 Å². The van der Waals surface area contributed by atoms with E-state index >= 15 is 0 Å². The molecule has 8 nitrogen and oxygen atoms in total.